The summed E-state index contributed by atoms with van der Waals surface area (Å²) in [6.45, 7) is 12.9. The van der Waals surface area contributed by atoms with E-state index in [1.807, 2.05) is 6.92 Å². The van der Waals surface area contributed by atoms with E-state index in [0.29, 0.717) is 18.7 Å². The second-order valence-electron chi connectivity index (χ2n) is 8.15. The third-order valence-corrected chi connectivity index (χ3v) is 7.46. The molecule has 3 aromatic rings. The number of esters is 1. The number of fused-ring (bicyclic) bond motifs is 3. The summed E-state index contributed by atoms with van der Waals surface area (Å²) in [5, 5.41) is 4.62. The third-order valence-electron chi connectivity index (χ3n) is 6.33. The Morgan fingerprint density at radius 1 is 1.16 bits per heavy atom. The summed E-state index contributed by atoms with van der Waals surface area (Å²) < 4.78 is 5.59. The van der Waals surface area contributed by atoms with Crippen molar-refractivity contribution in [2.75, 3.05) is 26.2 Å². The average Bonchev–Trinajstić information content (AvgIpc) is 3.19. The number of thiophene rings is 1. The fraction of sp³-hybridized carbons (Fsp3) is 0.462. The molecule has 0 fully saturated rings. The van der Waals surface area contributed by atoms with Crippen LogP contribution < -0.4 is 5.32 Å². The Morgan fingerprint density at radius 3 is 2.56 bits per heavy atom. The van der Waals surface area contributed by atoms with E-state index in [-0.39, 0.29) is 5.97 Å². The molecule has 1 N–H and O–H groups in total. The lowest BCUT2D eigenvalue weighted by Crippen LogP contribution is -2.25. The zero-order valence-electron chi connectivity index (χ0n) is 19.6. The molecule has 6 heteroatoms. The van der Waals surface area contributed by atoms with Gasteiger partial charge in [0.2, 0.25) is 0 Å². The van der Waals surface area contributed by atoms with E-state index in [0.717, 1.165) is 66.1 Å². The Hall–Kier alpha value is -2.28. The summed E-state index contributed by atoms with van der Waals surface area (Å²) in [7, 11) is 0. The van der Waals surface area contributed by atoms with Gasteiger partial charge in [0, 0.05) is 28.9 Å². The Balaban J connectivity index is 2.04. The van der Waals surface area contributed by atoms with E-state index in [1.165, 1.54) is 16.0 Å². The Morgan fingerprint density at radius 2 is 1.91 bits per heavy atom. The highest BCUT2D eigenvalue weighted by Gasteiger charge is 2.28. The number of carbonyl (C=O) groups is 1. The zero-order valence-corrected chi connectivity index (χ0v) is 20.4. The first-order valence-electron chi connectivity index (χ1n) is 11.8. The van der Waals surface area contributed by atoms with Crippen molar-refractivity contribution in [3.8, 4) is 11.1 Å². The minimum Gasteiger partial charge on any atom is -0.462 e. The molecule has 5 nitrogen and oxygen atoms in total. The Labute approximate surface area is 194 Å². The normalized spacial score (nSPS) is 13.5. The topological polar surface area (TPSA) is 54.5 Å². The minimum atomic E-state index is -0.271. The van der Waals surface area contributed by atoms with Crippen LogP contribution in [-0.4, -0.2) is 42.1 Å². The first-order chi connectivity index (χ1) is 15.6. The van der Waals surface area contributed by atoms with Gasteiger partial charge in [-0.2, -0.15) is 0 Å². The summed E-state index contributed by atoms with van der Waals surface area (Å²) in [6.07, 6.45) is 1.94. The molecule has 0 saturated heterocycles. The molecular formula is C26H33N3O2S. The van der Waals surface area contributed by atoms with Crippen LogP contribution in [0.4, 0.5) is 0 Å². The molecule has 1 aromatic carbocycles. The number of rotatable bonds is 8. The molecule has 3 heterocycles. The molecule has 2 aromatic heterocycles. The predicted molar refractivity (Wildman–Crippen MR) is 132 cm³/mol. The number of hydrogen-bond donors (Lipinski definition) is 1. The fourth-order valence-corrected chi connectivity index (χ4v) is 5.72. The van der Waals surface area contributed by atoms with E-state index in [9.17, 15) is 4.79 Å². The number of carbonyl (C=O) groups excluding carboxylic acids is 1. The van der Waals surface area contributed by atoms with Crippen molar-refractivity contribution in [2.45, 2.75) is 53.6 Å². The number of aromatic nitrogens is 1. The minimum absolute atomic E-state index is 0.271. The van der Waals surface area contributed by atoms with Crippen molar-refractivity contribution in [3.05, 3.63) is 51.5 Å². The van der Waals surface area contributed by atoms with Crippen LogP contribution in [0.15, 0.2) is 24.3 Å². The quantitative estimate of drug-likeness (QED) is 0.478. The molecule has 0 unspecified atom stereocenters. The number of aryl methyl sites for hydroxylation is 1. The van der Waals surface area contributed by atoms with Gasteiger partial charge < -0.3 is 10.1 Å². The maximum atomic E-state index is 13.4. The zero-order chi connectivity index (χ0) is 22.7. The van der Waals surface area contributed by atoms with Crippen LogP contribution in [-0.2, 0) is 30.7 Å². The van der Waals surface area contributed by atoms with Crippen LogP contribution in [0.3, 0.4) is 0 Å². The Bertz CT molecular complexity index is 1100. The highest BCUT2D eigenvalue weighted by molar-refractivity contribution is 7.19. The van der Waals surface area contributed by atoms with Crippen molar-refractivity contribution in [1.82, 2.24) is 15.2 Å². The van der Waals surface area contributed by atoms with Crippen LogP contribution in [0.25, 0.3) is 21.3 Å². The summed E-state index contributed by atoms with van der Waals surface area (Å²) in [4.78, 5) is 23.1. The largest absolute Gasteiger partial charge is 0.462 e. The molecule has 0 aliphatic carbocycles. The van der Waals surface area contributed by atoms with E-state index in [2.05, 4.69) is 55.3 Å². The third kappa shape index (κ3) is 4.32. The molecule has 0 atom stereocenters. The van der Waals surface area contributed by atoms with Gasteiger partial charge in [-0.05, 0) is 56.1 Å². The second-order valence-corrected chi connectivity index (χ2v) is 9.24. The van der Waals surface area contributed by atoms with Crippen LogP contribution >= 0.6 is 11.3 Å². The summed E-state index contributed by atoms with van der Waals surface area (Å²) in [5.41, 5.74) is 6.15. The van der Waals surface area contributed by atoms with Crippen LogP contribution in [0.1, 0.15) is 59.8 Å². The molecule has 0 spiro atoms. The maximum Gasteiger partial charge on any atom is 0.340 e. The highest BCUT2D eigenvalue weighted by atomic mass is 32.1. The van der Waals surface area contributed by atoms with Gasteiger partial charge in [0.1, 0.15) is 4.83 Å². The molecular weight excluding hydrogens is 418 g/mol. The molecule has 0 radical (unpaired) electrons. The van der Waals surface area contributed by atoms with Crippen molar-refractivity contribution >= 4 is 27.5 Å². The number of ether oxygens (including phenoxy) is 1. The fourth-order valence-electron chi connectivity index (χ4n) is 4.50. The van der Waals surface area contributed by atoms with Gasteiger partial charge >= 0.3 is 5.97 Å². The lowest BCUT2D eigenvalue weighted by atomic mass is 9.91. The number of hydrogen-bond acceptors (Lipinski definition) is 6. The number of nitrogens with zero attached hydrogens (tertiary/aromatic N) is 2. The van der Waals surface area contributed by atoms with Gasteiger partial charge in [0.15, 0.2) is 0 Å². The first kappa shape index (κ1) is 22.9. The highest BCUT2D eigenvalue weighted by Crippen LogP contribution is 2.42. The monoisotopic (exact) mass is 451 g/mol. The van der Waals surface area contributed by atoms with Crippen molar-refractivity contribution in [3.63, 3.8) is 0 Å². The van der Waals surface area contributed by atoms with E-state index < -0.39 is 0 Å². The average molecular weight is 452 g/mol. The summed E-state index contributed by atoms with van der Waals surface area (Å²) in [6, 6.07) is 8.65. The molecule has 0 amide bonds. The Kier molecular flexibility index (Phi) is 7.23. The molecule has 32 heavy (non-hydrogen) atoms. The van der Waals surface area contributed by atoms with Gasteiger partial charge in [-0.25, -0.2) is 9.78 Å². The van der Waals surface area contributed by atoms with Crippen molar-refractivity contribution in [2.24, 2.45) is 0 Å². The molecule has 4 rings (SSSR count). The standard InChI is InChI=1S/C26H33N3O2S/c1-5-17-9-11-18(12-10-17)22-23-19-13-14-27-15-21(19)32-25(23)28-20(16-29(6-2)7-3)24(22)26(30)31-8-4/h9-12,27H,5-8,13-16H2,1-4H3. The SMILES string of the molecule is CCOC(=O)c1c(CN(CC)CC)nc2sc3c(c2c1-c1ccc(CC)cc1)CCNC3. The first-order valence-corrected chi connectivity index (χ1v) is 12.6. The van der Waals surface area contributed by atoms with Gasteiger partial charge in [0.05, 0.1) is 17.9 Å². The van der Waals surface area contributed by atoms with Gasteiger partial charge in [-0.1, -0.05) is 45.0 Å². The molecule has 170 valence electrons. The van der Waals surface area contributed by atoms with E-state index in [1.54, 1.807) is 11.3 Å². The number of pyridine rings is 1. The van der Waals surface area contributed by atoms with Crippen LogP contribution in [0.2, 0.25) is 0 Å². The number of benzene rings is 1. The lowest BCUT2D eigenvalue weighted by Gasteiger charge is -2.22. The summed E-state index contributed by atoms with van der Waals surface area (Å²) in [5.74, 6) is -0.271. The van der Waals surface area contributed by atoms with Gasteiger partial charge in [0.25, 0.3) is 0 Å². The van der Waals surface area contributed by atoms with Gasteiger partial charge in [-0.15, -0.1) is 11.3 Å². The van der Waals surface area contributed by atoms with Crippen LogP contribution in [0.5, 0.6) is 0 Å². The van der Waals surface area contributed by atoms with E-state index in [4.69, 9.17) is 9.72 Å². The second kappa shape index (κ2) is 10.1. The number of nitrogens with one attached hydrogen (secondary N) is 1. The smallest absolute Gasteiger partial charge is 0.340 e. The summed E-state index contributed by atoms with van der Waals surface area (Å²) >= 11 is 1.76. The van der Waals surface area contributed by atoms with Gasteiger partial charge in [-0.3, -0.25) is 4.90 Å². The van der Waals surface area contributed by atoms with Crippen molar-refractivity contribution < 1.29 is 9.53 Å². The van der Waals surface area contributed by atoms with Crippen molar-refractivity contribution in [1.29, 1.82) is 0 Å². The molecule has 1 aliphatic rings. The van der Waals surface area contributed by atoms with Crippen LogP contribution in [0, 0.1) is 0 Å². The predicted octanol–water partition coefficient (Wildman–Crippen LogP) is 5.19. The molecule has 0 bridgehead atoms. The molecule has 0 saturated carbocycles. The maximum absolute atomic E-state index is 13.4. The van der Waals surface area contributed by atoms with E-state index >= 15 is 0 Å². The lowest BCUT2D eigenvalue weighted by molar-refractivity contribution is 0.0524. The molecule has 1 aliphatic heterocycles.